The van der Waals surface area contributed by atoms with Gasteiger partial charge in [-0.05, 0) is 50.6 Å². The topological polar surface area (TPSA) is 58.2 Å². The van der Waals surface area contributed by atoms with Crippen LogP contribution in [0, 0.1) is 6.92 Å². The van der Waals surface area contributed by atoms with Crippen LogP contribution in [0.2, 0.25) is 0 Å². The summed E-state index contributed by atoms with van der Waals surface area (Å²) in [5, 5.41) is 3.18. The first-order valence-corrected chi connectivity index (χ1v) is 8.86. The van der Waals surface area contributed by atoms with Gasteiger partial charge in [-0.3, -0.25) is 4.72 Å². The molecule has 0 aliphatic carbocycles. The third kappa shape index (κ3) is 6.40. The summed E-state index contributed by atoms with van der Waals surface area (Å²) in [7, 11) is -3.26. The summed E-state index contributed by atoms with van der Waals surface area (Å²) < 4.78 is 27.4. The van der Waals surface area contributed by atoms with E-state index in [0.717, 1.165) is 29.5 Å². The average Bonchev–Trinajstić information content (AvgIpc) is 2.33. The number of hydrogen-bond acceptors (Lipinski definition) is 3. The molecule has 0 amide bonds. The molecule has 6 heteroatoms. The van der Waals surface area contributed by atoms with Gasteiger partial charge in [0.15, 0.2) is 0 Å². The first kappa shape index (κ1) is 16.5. The zero-order valence-electron chi connectivity index (χ0n) is 11.4. The van der Waals surface area contributed by atoms with Crippen molar-refractivity contribution >= 4 is 31.6 Å². The summed E-state index contributed by atoms with van der Waals surface area (Å²) in [5.41, 5.74) is 1.56. The minimum absolute atomic E-state index is 0.157. The van der Waals surface area contributed by atoms with Gasteiger partial charge < -0.3 is 5.32 Å². The predicted molar refractivity (Wildman–Crippen MR) is 84.1 cm³/mol. The van der Waals surface area contributed by atoms with Crippen molar-refractivity contribution in [3.63, 3.8) is 0 Å². The van der Waals surface area contributed by atoms with E-state index in [1.54, 1.807) is 6.07 Å². The standard InChI is InChI=1S/C13H21BrN2O2S/c1-3-15-8-4-5-9-19(17,18)16-13-10-12(14)7-6-11(13)2/h6-7,10,15-16H,3-5,8-9H2,1-2H3. The highest BCUT2D eigenvalue weighted by Crippen LogP contribution is 2.21. The van der Waals surface area contributed by atoms with Crippen LogP contribution in [0.4, 0.5) is 5.69 Å². The van der Waals surface area contributed by atoms with Gasteiger partial charge >= 0.3 is 0 Å². The van der Waals surface area contributed by atoms with E-state index in [9.17, 15) is 8.42 Å². The van der Waals surface area contributed by atoms with E-state index in [4.69, 9.17) is 0 Å². The Morgan fingerprint density at radius 1 is 1.26 bits per heavy atom. The van der Waals surface area contributed by atoms with Crippen molar-refractivity contribution in [1.82, 2.24) is 5.32 Å². The largest absolute Gasteiger partial charge is 0.317 e. The number of benzene rings is 1. The molecular weight excluding hydrogens is 328 g/mol. The van der Waals surface area contributed by atoms with E-state index < -0.39 is 10.0 Å². The lowest BCUT2D eigenvalue weighted by Crippen LogP contribution is -2.19. The van der Waals surface area contributed by atoms with Crippen molar-refractivity contribution in [1.29, 1.82) is 0 Å². The van der Waals surface area contributed by atoms with Gasteiger partial charge in [-0.1, -0.05) is 28.9 Å². The molecule has 0 radical (unpaired) electrons. The van der Waals surface area contributed by atoms with E-state index in [1.165, 1.54) is 0 Å². The van der Waals surface area contributed by atoms with Crippen LogP contribution in [0.1, 0.15) is 25.3 Å². The Kier molecular flexibility index (Phi) is 6.82. The predicted octanol–water partition coefficient (Wildman–Crippen LogP) is 2.89. The number of sulfonamides is 1. The van der Waals surface area contributed by atoms with Crippen molar-refractivity contribution in [2.24, 2.45) is 0 Å². The lowest BCUT2D eigenvalue weighted by atomic mass is 10.2. The monoisotopic (exact) mass is 348 g/mol. The Morgan fingerprint density at radius 3 is 2.68 bits per heavy atom. The van der Waals surface area contributed by atoms with Crippen LogP contribution in [-0.4, -0.2) is 27.3 Å². The Bertz CT molecular complexity index is 503. The van der Waals surface area contributed by atoms with Gasteiger partial charge in [0, 0.05) is 4.47 Å². The van der Waals surface area contributed by atoms with Gasteiger partial charge in [0.05, 0.1) is 11.4 Å². The van der Waals surface area contributed by atoms with E-state index in [-0.39, 0.29) is 5.75 Å². The summed E-state index contributed by atoms with van der Waals surface area (Å²) >= 11 is 3.34. The normalized spacial score (nSPS) is 11.5. The summed E-state index contributed by atoms with van der Waals surface area (Å²) in [6.45, 7) is 5.70. The Labute approximate surface area is 124 Å². The molecule has 0 aliphatic rings. The molecule has 2 N–H and O–H groups in total. The van der Waals surface area contributed by atoms with Gasteiger partial charge in [-0.15, -0.1) is 0 Å². The van der Waals surface area contributed by atoms with Gasteiger partial charge in [0.25, 0.3) is 0 Å². The number of nitrogens with one attached hydrogen (secondary N) is 2. The zero-order valence-corrected chi connectivity index (χ0v) is 13.8. The summed E-state index contributed by atoms with van der Waals surface area (Å²) in [6, 6.07) is 5.56. The van der Waals surface area contributed by atoms with Crippen LogP contribution < -0.4 is 10.0 Å². The van der Waals surface area contributed by atoms with Crippen molar-refractivity contribution in [2.75, 3.05) is 23.6 Å². The maximum absolute atomic E-state index is 11.9. The number of hydrogen-bond donors (Lipinski definition) is 2. The first-order valence-electron chi connectivity index (χ1n) is 6.42. The molecule has 0 spiro atoms. The molecule has 0 aromatic heterocycles. The SMILES string of the molecule is CCNCCCCS(=O)(=O)Nc1cc(Br)ccc1C. The molecule has 19 heavy (non-hydrogen) atoms. The minimum Gasteiger partial charge on any atom is -0.317 e. The van der Waals surface area contributed by atoms with Gasteiger partial charge in [0.1, 0.15) is 0 Å². The van der Waals surface area contributed by atoms with Crippen molar-refractivity contribution in [2.45, 2.75) is 26.7 Å². The Morgan fingerprint density at radius 2 is 2.00 bits per heavy atom. The lowest BCUT2D eigenvalue weighted by molar-refractivity contribution is 0.593. The minimum atomic E-state index is -3.26. The average molecular weight is 349 g/mol. The number of halogens is 1. The van der Waals surface area contributed by atoms with Crippen molar-refractivity contribution in [3.05, 3.63) is 28.2 Å². The number of aryl methyl sites for hydroxylation is 1. The second-order valence-corrected chi connectivity index (χ2v) is 7.20. The van der Waals surface area contributed by atoms with Crippen LogP contribution >= 0.6 is 15.9 Å². The third-order valence-corrected chi connectivity index (χ3v) is 4.58. The third-order valence-electron chi connectivity index (χ3n) is 2.73. The van der Waals surface area contributed by atoms with Crippen molar-refractivity contribution < 1.29 is 8.42 Å². The van der Waals surface area contributed by atoms with E-state index in [1.807, 2.05) is 26.0 Å². The highest BCUT2D eigenvalue weighted by molar-refractivity contribution is 9.10. The molecule has 0 unspecified atom stereocenters. The highest BCUT2D eigenvalue weighted by Gasteiger charge is 2.11. The first-order chi connectivity index (χ1) is 8.94. The molecule has 0 bridgehead atoms. The maximum Gasteiger partial charge on any atom is 0.232 e. The van der Waals surface area contributed by atoms with E-state index in [0.29, 0.717) is 12.1 Å². The maximum atomic E-state index is 11.9. The molecule has 0 saturated heterocycles. The number of unbranched alkanes of at least 4 members (excludes halogenated alkanes) is 1. The molecule has 0 aliphatic heterocycles. The smallest absolute Gasteiger partial charge is 0.232 e. The molecule has 4 nitrogen and oxygen atoms in total. The van der Waals surface area contributed by atoms with Crippen LogP contribution in [0.15, 0.2) is 22.7 Å². The molecule has 108 valence electrons. The van der Waals surface area contributed by atoms with E-state index in [2.05, 4.69) is 26.0 Å². The quantitative estimate of drug-likeness (QED) is 0.710. The van der Waals surface area contributed by atoms with Gasteiger partial charge in [0.2, 0.25) is 10.0 Å². The van der Waals surface area contributed by atoms with Crippen LogP contribution in [0.25, 0.3) is 0 Å². The fourth-order valence-corrected chi connectivity index (χ4v) is 3.24. The fraction of sp³-hybridized carbons (Fsp3) is 0.538. The lowest BCUT2D eigenvalue weighted by Gasteiger charge is -2.11. The second kappa shape index (κ2) is 7.87. The molecule has 0 heterocycles. The summed E-state index contributed by atoms with van der Waals surface area (Å²) in [6.07, 6.45) is 1.53. The fourth-order valence-electron chi connectivity index (χ4n) is 1.64. The Balaban J connectivity index is 2.52. The van der Waals surface area contributed by atoms with Crippen LogP contribution in [0.5, 0.6) is 0 Å². The zero-order chi connectivity index (χ0) is 14.3. The summed E-state index contributed by atoms with van der Waals surface area (Å²) in [4.78, 5) is 0. The molecule has 1 rings (SSSR count). The van der Waals surface area contributed by atoms with Gasteiger partial charge in [-0.2, -0.15) is 0 Å². The van der Waals surface area contributed by atoms with Crippen LogP contribution in [-0.2, 0) is 10.0 Å². The molecular formula is C13H21BrN2O2S. The molecule has 0 atom stereocenters. The van der Waals surface area contributed by atoms with Crippen molar-refractivity contribution in [3.8, 4) is 0 Å². The highest BCUT2D eigenvalue weighted by atomic mass is 79.9. The molecule has 1 aromatic carbocycles. The number of rotatable bonds is 8. The summed E-state index contributed by atoms with van der Waals surface area (Å²) in [5.74, 6) is 0.157. The second-order valence-electron chi connectivity index (χ2n) is 4.44. The number of anilines is 1. The van der Waals surface area contributed by atoms with Crippen LogP contribution in [0.3, 0.4) is 0 Å². The molecule has 1 aromatic rings. The van der Waals surface area contributed by atoms with Gasteiger partial charge in [-0.25, -0.2) is 8.42 Å². The molecule has 0 fully saturated rings. The van der Waals surface area contributed by atoms with E-state index >= 15 is 0 Å². The Hall–Kier alpha value is -0.590. The molecule has 0 saturated carbocycles.